The summed E-state index contributed by atoms with van der Waals surface area (Å²) in [6.45, 7) is 2.19. The van der Waals surface area contributed by atoms with Gasteiger partial charge in [-0.05, 0) is 126 Å². The molecule has 11 nitrogen and oxygen atoms in total. The average molecular weight is 747 g/mol. The molecule has 0 radical (unpaired) electrons. The molecule has 0 saturated heterocycles. The molecule has 0 aliphatic rings. The lowest BCUT2D eigenvalue weighted by atomic mass is 10.2. The Morgan fingerprint density at radius 1 is 0.673 bits per heavy atom. The molecular weight excluding hydrogens is 705 g/mol. The molecule has 49 heavy (non-hydrogen) atoms. The first-order valence-corrected chi connectivity index (χ1v) is 20.2. The quantitative estimate of drug-likeness (QED) is 0.155. The van der Waals surface area contributed by atoms with E-state index >= 15 is 0 Å². The number of rotatable bonds is 13. The van der Waals surface area contributed by atoms with Crippen LogP contribution in [0.25, 0.3) is 0 Å². The molecule has 3 N–H and O–H groups in total. The molecule has 0 aromatic heterocycles. The van der Waals surface area contributed by atoms with Crippen LogP contribution < -0.4 is 19.3 Å². The number of nitrogens with two attached hydrogens (primary N) is 1. The largest absolute Gasteiger partial charge is 0.457 e. The molecule has 0 aliphatic heterocycles. The first kappa shape index (κ1) is 39.9. The van der Waals surface area contributed by atoms with E-state index in [1.54, 1.807) is 41.7 Å². The zero-order valence-electron chi connectivity index (χ0n) is 28.5. The van der Waals surface area contributed by atoms with E-state index in [4.69, 9.17) is 14.6 Å². The van der Waals surface area contributed by atoms with Crippen molar-refractivity contribution in [2.75, 3.05) is 40.7 Å². The van der Waals surface area contributed by atoms with Crippen LogP contribution >= 0.6 is 23.5 Å². The Balaban J connectivity index is 0.000000267. The minimum absolute atomic E-state index is 0.0228. The summed E-state index contributed by atoms with van der Waals surface area (Å²) in [7, 11) is -0.0605. The Labute approximate surface area is 298 Å². The summed E-state index contributed by atoms with van der Waals surface area (Å²) in [5.41, 5.74) is 1.46. The molecule has 0 aliphatic carbocycles. The van der Waals surface area contributed by atoms with Crippen LogP contribution in [0.3, 0.4) is 0 Å². The maximum Gasteiger partial charge on any atom is 0.264 e. The van der Waals surface area contributed by atoms with Crippen LogP contribution in [0.1, 0.15) is 18.1 Å². The number of amides is 1. The van der Waals surface area contributed by atoms with Gasteiger partial charge >= 0.3 is 0 Å². The molecule has 264 valence electrons. The van der Waals surface area contributed by atoms with Gasteiger partial charge in [0.05, 0.1) is 9.79 Å². The molecule has 4 aromatic carbocycles. The number of nitrogens with zero attached hydrogens (tertiary/aromatic N) is 2. The molecule has 0 fully saturated rings. The van der Waals surface area contributed by atoms with Crippen molar-refractivity contribution in [3.63, 3.8) is 0 Å². The number of primary sulfonamides is 1. The summed E-state index contributed by atoms with van der Waals surface area (Å²) in [6, 6.07) is 24.6. The van der Waals surface area contributed by atoms with Gasteiger partial charge in [-0.2, -0.15) is 0 Å². The summed E-state index contributed by atoms with van der Waals surface area (Å²) in [5.74, 6) is 1.92. The molecule has 0 atom stereocenters. The zero-order valence-corrected chi connectivity index (χ0v) is 31.7. The molecule has 0 unspecified atom stereocenters. The third-order valence-electron chi connectivity index (χ3n) is 6.53. The fourth-order valence-corrected chi connectivity index (χ4v) is 6.79. The second-order valence-electron chi connectivity index (χ2n) is 11.3. The molecule has 15 heteroatoms. The van der Waals surface area contributed by atoms with Crippen molar-refractivity contribution in [1.29, 1.82) is 0 Å². The fraction of sp³-hybridized carbons (Fsp3) is 0.265. The molecule has 0 spiro atoms. The average Bonchev–Trinajstić information content (AvgIpc) is 3.02. The van der Waals surface area contributed by atoms with Crippen LogP contribution in [0.5, 0.6) is 23.0 Å². The highest BCUT2D eigenvalue weighted by Crippen LogP contribution is 2.31. The summed E-state index contributed by atoms with van der Waals surface area (Å²) >= 11 is 3.30. The van der Waals surface area contributed by atoms with Crippen LogP contribution in [0.2, 0.25) is 0 Å². The lowest BCUT2D eigenvalue weighted by molar-refractivity contribution is -0.117. The zero-order chi connectivity index (χ0) is 36.4. The third-order valence-corrected chi connectivity index (χ3v) is 10.4. The predicted molar refractivity (Wildman–Crippen MR) is 197 cm³/mol. The monoisotopic (exact) mass is 746 g/mol. The van der Waals surface area contributed by atoms with E-state index in [-0.39, 0.29) is 9.79 Å². The lowest BCUT2D eigenvalue weighted by Gasteiger charge is -2.16. The molecule has 4 rings (SSSR count). The van der Waals surface area contributed by atoms with Gasteiger partial charge in [0.25, 0.3) is 10.0 Å². The van der Waals surface area contributed by atoms with E-state index in [9.17, 15) is 21.6 Å². The van der Waals surface area contributed by atoms with Gasteiger partial charge in [-0.25, -0.2) is 26.7 Å². The Hall–Kier alpha value is -3.57. The minimum Gasteiger partial charge on any atom is -0.457 e. The van der Waals surface area contributed by atoms with Crippen molar-refractivity contribution >= 4 is 49.5 Å². The van der Waals surface area contributed by atoms with Gasteiger partial charge in [-0.15, -0.1) is 23.5 Å². The van der Waals surface area contributed by atoms with Crippen LogP contribution in [-0.4, -0.2) is 73.2 Å². The summed E-state index contributed by atoms with van der Waals surface area (Å²) < 4.78 is 61.3. The number of sulfonamides is 2. The normalized spacial score (nSPS) is 11.6. The maximum atomic E-state index is 12.2. The predicted octanol–water partition coefficient (Wildman–Crippen LogP) is 6.00. The molecular formula is C34H42N4O7S4. The van der Waals surface area contributed by atoms with Crippen molar-refractivity contribution < 1.29 is 31.1 Å². The van der Waals surface area contributed by atoms with E-state index in [0.717, 1.165) is 22.3 Å². The van der Waals surface area contributed by atoms with Crippen LogP contribution in [0.15, 0.2) is 105 Å². The Morgan fingerprint density at radius 2 is 1.06 bits per heavy atom. The molecule has 1 amide bonds. The van der Waals surface area contributed by atoms with Crippen molar-refractivity contribution in [3.8, 4) is 23.0 Å². The highest BCUT2D eigenvalue weighted by molar-refractivity contribution is 7.98. The number of benzene rings is 4. The third kappa shape index (κ3) is 12.7. The van der Waals surface area contributed by atoms with Gasteiger partial charge in [0.2, 0.25) is 15.9 Å². The Kier molecular flexibility index (Phi) is 14.6. The number of ether oxygens (including phenoxy) is 2. The van der Waals surface area contributed by atoms with Crippen LogP contribution in [0.4, 0.5) is 0 Å². The molecule has 4 aromatic rings. The van der Waals surface area contributed by atoms with Gasteiger partial charge in [0, 0.05) is 40.9 Å². The number of carbonyl (C=O) groups excluding carboxylic acids is 1. The topological polar surface area (TPSA) is 148 Å². The summed E-state index contributed by atoms with van der Waals surface area (Å²) in [6.07, 6.45) is 4.01. The van der Waals surface area contributed by atoms with Crippen molar-refractivity contribution in [2.24, 2.45) is 5.14 Å². The number of thioether (sulfide) groups is 2. The van der Waals surface area contributed by atoms with E-state index in [1.165, 1.54) is 18.2 Å². The van der Waals surface area contributed by atoms with Gasteiger partial charge in [-0.1, -0.05) is 0 Å². The second kappa shape index (κ2) is 17.9. The van der Waals surface area contributed by atoms with Gasteiger partial charge < -0.3 is 19.3 Å². The van der Waals surface area contributed by atoms with Crippen molar-refractivity contribution in [1.82, 2.24) is 14.5 Å². The summed E-state index contributed by atoms with van der Waals surface area (Å²) in [4.78, 5) is 17.4. The second-order valence-corrected chi connectivity index (χ2v) is 16.3. The minimum atomic E-state index is -3.89. The van der Waals surface area contributed by atoms with Crippen molar-refractivity contribution in [3.05, 3.63) is 96.1 Å². The maximum absolute atomic E-state index is 12.2. The van der Waals surface area contributed by atoms with Crippen LogP contribution in [-0.2, 0) is 37.9 Å². The van der Waals surface area contributed by atoms with Gasteiger partial charge in [-0.3, -0.25) is 4.79 Å². The summed E-state index contributed by atoms with van der Waals surface area (Å²) in [5, 5.41) is 5.21. The van der Waals surface area contributed by atoms with Crippen molar-refractivity contribution in [2.45, 2.75) is 39.6 Å². The fourth-order valence-electron chi connectivity index (χ4n) is 4.37. The van der Waals surface area contributed by atoms with Gasteiger partial charge in [0.15, 0.2) is 0 Å². The number of carbonyl (C=O) groups is 1. The SMILES string of the molecule is CSc1ccc(Oc2ccc(S(=O)(=O)NC(C)=O)cc2CN(C)C)cc1.CSc1ccc(Oc2ccc(S(N)(=O)=O)cc2CN(C)C)cc1. The first-order chi connectivity index (χ1) is 23.0. The molecule has 0 bridgehead atoms. The van der Waals surface area contributed by atoms with Crippen LogP contribution in [0, 0.1) is 0 Å². The van der Waals surface area contributed by atoms with Gasteiger partial charge in [0.1, 0.15) is 23.0 Å². The Morgan fingerprint density at radius 3 is 1.41 bits per heavy atom. The van der Waals surface area contributed by atoms with E-state index in [0.29, 0.717) is 41.7 Å². The number of nitrogens with one attached hydrogen (secondary N) is 1. The number of hydrogen-bond donors (Lipinski definition) is 2. The molecule has 0 saturated carbocycles. The highest BCUT2D eigenvalue weighted by atomic mass is 32.2. The Bertz CT molecular complexity index is 1930. The lowest BCUT2D eigenvalue weighted by Crippen LogP contribution is -2.28. The van der Waals surface area contributed by atoms with E-state index in [1.807, 2.05) is 104 Å². The smallest absolute Gasteiger partial charge is 0.264 e. The standard InChI is InChI=1S/C18H22N2O4S2.C16H20N2O3S2/c1-13(21)19-26(22,23)17-9-10-18(14(11-17)12-20(2)3)24-15-5-7-16(25-4)8-6-15;1-18(2)11-12-10-15(23(17,19)20)8-9-16(12)21-13-4-6-14(22-3)7-5-13/h5-11H,12H2,1-4H3,(H,19,21);4-10H,11H2,1-3H3,(H2,17,19,20). The number of hydrogen-bond acceptors (Lipinski definition) is 11. The first-order valence-electron chi connectivity index (χ1n) is 14.8. The highest BCUT2D eigenvalue weighted by Gasteiger charge is 2.19. The molecule has 0 heterocycles. The van der Waals surface area contributed by atoms with E-state index < -0.39 is 26.0 Å². The van der Waals surface area contributed by atoms with E-state index in [2.05, 4.69) is 0 Å².